The Balaban J connectivity index is 2.18. The number of hydrogen-bond acceptors (Lipinski definition) is 5. The van der Waals surface area contributed by atoms with Crippen LogP contribution in [-0.2, 0) is 0 Å². The van der Waals surface area contributed by atoms with Gasteiger partial charge in [-0.15, -0.1) is 0 Å². The molecular weight excluding hydrogens is 254 g/mol. The number of rotatable bonds is 5. The van der Waals surface area contributed by atoms with Crippen molar-refractivity contribution in [2.24, 2.45) is 5.73 Å². The lowest BCUT2D eigenvalue weighted by Crippen LogP contribution is -2.47. The molecule has 0 aromatic heterocycles. The van der Waals surface area contributed by atoms with Crippen LogP contribution in [0.3, 0.4) is 0 Å². The van der Waals surface area contributed by atoms with Crippen LogP contribution in [0.2, 0.25) is 0 Å². The minimum Gasteiger partial charge on any atom is -0.493 e. The minimum atomic E-state index is 0.239. The van der Waals surface area contributed by atoms with Gasteiger partial charge in [0, 0.05) is 38.8 Å². The first kappa shape index (κ1) is 15.1. The topological polar surface area (TPSA) is 51.0 Å². The number of likely N-dealkylation sites (N-methyl/N-ethyl adjacent to an activating group) is 1. The summed E-state index contributed by atoms with van der Waals surface area (Å²) >= 11 is 0. The van der Waals surface area contributed by atoms with Crippen LogP contribution >= 0.6 is 0 Å². The molecule has 1 aliphatic rings. The average Bonchev–Trinajstić information content (AvgIpc) is 2.49. The molecule has 1 aromatic rings. The monoisotopic (exact) mass is 279 g/mol. The van der Waals surface area contributed by atoms with Crippen LogP contribution in [-0.4, -0.2) is 63.8 Å². The number of methoxy groups -OCH3 is 2. The van der Waals surface area contributed by atoms with Crippen molar-refractivity contribution < 1.29 is 9.47 Å². The molecule has 0 spiro atoms. The van der Waals surface area contributed by atoms with E-state index in [9.17, 15) is 0 Å². The Morgan fingerprint density at radius 1 is 1.10 bits per heavy atom. The normalized spacial score (nSPS) is 18.8. The minimum absolute atomic E-state index is 0.239. The third-order valence-electron chi connectivity index (χ3n) is 3.99. The van der Waals surface area contributed by atoms with Crippen LogP contribution in [0, 0.1) is 0 Å². The first-order chi connectivity index (χ1) is 9.69. The lowest BCUT2D eigenvalue weighted by molar-refractivity contribution is 0.114. The molecule has 20 heavy (non-hydrogen) atoms. The first-order valence-electron chi connectivity index (χ1n) is 7.04. The van der Waals surface area contributed by atoms with E-state index in [0.29, 0.717) is 6.54 Å². The Morgan fingerprint density at radius 3 is 2.30 bits per heavy atom. The summed E-state index contributed by atoms with van der Waals surface area (Å²) in [5.41, 5.74) is 7.19. The number of piperazine rings is 1. The van der Waals surface area contributed by atoms with Gasteiger partial charge in [-0.25, -0.2) is 0 Å². The summed E-state index contributed by atoms with van der Waals surface area (Å²) in [6, 6.07) is 6.31. The summed E-state index contributed by atoms with van der Waals surface area (Å²) in [4.78, 5) is 4.79. The largest absolute Gasteiger partial charge is 0.493 e. The Hall–Kier alpha value is -1.30. The number of ether oxygens (including phenoxy) is 2. The summed E-state index contributed by atoms with van der Waals surface area (Å²) < 4.78 is 10.7. The van der Waals surface area contributed by atoms with E-state index < -0.39 is 0 Å². The Morgan fingerprint density at radius 2 is 1.75 bits per heavy atom. The fourth-order valence-electron chi connectivity index (χ4n) is 2.69. The summed E-state index contributed by atoms with van der Waals surface area (Å²) in [6.45, 7) is 4.88. The van der Waals surface area contributed by atoms with Gasteiger partial charge in [-0.3, -0.25) is 4.90 Å². The maximum absolute atomic E-state index is 6.01. The van der Waals surface area contributed by atoms with Crippen molar-refractivity contribution in [2.75, 3.05) is 54.0 Å². The molecule has 1 fully saturated rings. The van der Waals surface area contributed by atoms with E-state index >= 15 is 0 Å². The molecule has 1 saturated heterocycles. The fourth-order valence-corrected chi connectivity index (χ4v) is 2.69. The molecule has 0 unspecified atom stereocenters. The molecule has 2 N–H and O–H groups in total. The van der Waals surface area contributed by atoms with Crippen LogP contribution in [0.4, 0.5) is 0 Å². The summed E-state index contributed by atoms with van der Waals surface area (Å²) in [6.07, 6.45) is 0. The molecule has 5 heteroatoms. The summed E-state index contributed by atoms with van der Waals surface area (Å²) in [5.74, 6) is 1.52. The van der Waals surface area contributed by atoms with Gasteiger partial charge in [0.25, 0.3) is 0 Å². The molecule has 112 valence electrons. The third-order valence-corrected chi connectivity index (χ3v) is 3.99. The van der Waals surface area contributed by atoms with Gasteiger partial charge < -0.3 is 20.1 Å². The van der Waals surface area contributed by atoms with Crippen molar-refractivity contribution in [1.82, 2.24) is 9.80 Å². The quantitative estimate of drug-likeness (QED) is 0.870. The molecular formula is C15H25N3O2. The highest BCUT2D eigenvalue weighted by atomic mass is 16.5. The molecule has 0 amide bonds. The molecule has 1 atom stereocenters. The molecule has 0 bridgehead atoms. The highest BCUT2D eigenvalue weighted by Crippen LogP contribution is 2.31. The second-order valence-electron chi connectivity index (χ2n) is 5.21. The maximum Gasteiger partial charge on any atom is 0.161 e. The highest BCUT2D eigenvalue weighted by Gasteiger charge is 2.23. The number of hydrogen-bond donors (Lipinski definition) is 1. The van der Waals surface area contributed by atoms with E-state index in [1.165, 1.54) is 5.56 Å². The standard InChI is InChI=1S/C15H25N3O2/c1-17-6-8-18(9-7-17)13(11-16)12-4-5-14(19-2)15(10-12)20-3/h4-5,10,13H,6-9,11,16H2,1-3H3/t13-/m0/s1. The Kier molecular flexibility index (Phi) is 5.23. The number of nitrogens with zero attached hydrogens (tertiary/aromatic N) is 2. The predicted molar refractivity (Wildman–Crippen MR) is 80.4 cm³/mol. The second-order valence-corrected chi connectivity index (χ2v) is 5.21. The van der Waals surface area contributed by atoms with E-state index in [-0.39, 0.29) is 6.04 Å². The average molecular weight is 279 g/mol. The zero-order valence-corrected chi connectivity index (χ0v) is 12.6. The van der Waals surface area contributed by atoms with Crippen molar-refractivity contribution in [2.45, 2.75) is 6.04 Å². The van der Waals surface area contributed by atoms with Gasteiger partial charge in [-0.1, -0.05) is 6.07 Å². The van der Waals surface area contributed by atoms with Crippen molar-refractivity contribution >= 4 is 0 Å². The van der Waals surface area contributed by atoms with Crippen molar-refractivity contribution in [3.63, 3.8) is 0 Å². The van der Waals surface area contributed by atoms with Gasteiger partial charge in [0.1, 0.15) is 0 Å². The van der Waals surface area contributed by atoms with E-state index in [2.05, 4.69) is 22.9 Å². The van der Waals surface area contributed by atoms with E-state index in [0.717, 1.165) is 37.7 Å². The smallest absolute Gasteiger partial charge is 0.161 e. The molecule has 0 saturated carbocycles. The molecule has 2 rings (SSSR count). The second kappa shape index (κ2) is 6.92. The molecule has 1 aromatic carbocycles. The molecule has 0 radical (unpaired) electrons. The van der Waals surface area contributed by atoms with E-state index in [4.69, 9.17) is 15.2 Å². The summed E-state index contributed by atoms with van der Waals surface area (Å²) in [7, 11) is 5.47. The maximum atomic E-state index is 6.01. The summed E-state index contributed by atoms with van der Waals surface area (Å²) in [5, 5.41) is 0. The molecule has 5 nitrogen and oxygen atoms in total. The SMILES string of the molecule is COc1ccc([C@H](CN)N2CCN(C)CC2)cc1OC. The third kappa shape index (κ3) is 3.23. The molecule has 0 aliphatic carbocycles. The zero-order chi connectivity index (χ0) is 14.5. The Bertz CT molecular complexity index is 431. The zero-order valence-electron chi connectivity index (χ0n) is 12.6. The van der Waals surface area contributed by atoms with E-state index in [1.807, 2.05) is 12.1 Å². The number of nitrogens with two attached hydrogens (primary N) is 1. The van der Waals surface area contributed by atoms with Crippen molar-refractivity contribution in [1.29, 1.82) is 0 Å². The predicted octanol–water partition coefficient (Wildman–Crippen LogP) is 0.951. The van der Waals surface area contributed by atoms with Crippen LogP contribution < -0.4 is 15.2 Å². The van der Waals surface area contributed by atoms with Crippen LogP contribution in [0.1, 0.15) is 11.6 Å². The van der Waals surface area contributed by atoms with Gasteiger partial charge in [0.05, 0.1) is 14.2 Å². The first-order valence-corrected chi connectivity index (χ1v) is 7.04. The van der Waals surface area contributed by atoms with Crippen LogP contribution in [0.5, 0.6) is 11.5 Å². The van der Waals surface area contributed by atoms with Gasteiger partial charge in [0.2, 0.25) is 0 Å². The van der Waals surface area contributed by atoms with Gasteiger partial charge in [0.15, 0.2) is 11.5 Å². The van der Waals surface area contributed by atoms with Gasteiger partial charge in [-0.05, 0) is 24.7 Å². The fraction of sp³-hybridized carbons (Fsp3) is 0.600. The van der Waals surface area contributed by atoms with Gasteiger partial charge >= 0.3 is 0 Å². The van der Waals surface area contributed by atoms with Crippen LogP contribution in [0.15, 0.2) is 18.2 Å². The lowest BCUT2D eigenvalue weighted by atomic mass is 10.0. The highest BCUT2D eigenvalue weighted by molar-refractivity contribution is 5.43. The van der Waals surface area contributed by atoms with Crippen LogP contribution in [0.25, 0.3) is 0 Å². The van der Waals surface area contributed by atoms with E-state index in [1.54, 1.807) is 14.2 Å². The van der Waals surface area contributed by atoms with Gasteiger partial charge in [-0.2, -0.15) is 0 Å². The Labute approximate surface area is 121 Å². The number of benzene rings is 1. The molecule has 1 aliphatic heterocycles. The lowest BCUT2D eigenvalue weighted by Gasteiger charge is -2.37. The van der Waals surface area contributed by atoms with Crippen molar-refractivity contribution in [3.8, 4) is 11.5 Å². The van der Waals surface area contributed by atoms with Crippen molar-refractivity contribution in [3.05, 3.63) is 23.8 Å². The molecule has 1 heterocycles.